The van der Waals surface area contributed by atoms with Gasteiger partial charge in [-0.15, -0.1) is 11.3 Å². The Balaban J connectivity index is 1.73. The minimum absolute atomic E-state index is 0.216. The highest BCUT2D eigenvalue weighted by Crippen LogP contribution is 2.26. The summed E-state index contributed by atoms with van der Waals surface area (Å²) in [7, 11) is 0. The van der Waals surface area contributed by atoms with Gasteiger partial charge in [0, 0.05) is 35.6 Å². The third kappa shape index (κ3) is 3.26. The van der Waals surface area contributed by atoms with Crippen molar-refractivity contribution in [3.8, 4) is 17.5 Å². The van der Waals surface area contributed by atoms with Crippen molar-refractivity contribution < 1.29 is 5.11 Å². The molecule has 1 atom stereocenters. The lowest BCUT2D eigenvalue weighted by atomic mass is 10.0. The molecule has 0 amide bonds. The van der Waals surface area contributed by atoms with E-state index in [1.54, 1.807) is 18.6 Å². The van der Waals surface area contributed by atoms with Crippen molar-refractivity contribution in [2.75, 3.05) is 5.73 Å². The van der Waals surface area contributed by atoms with Crippen LogP contribution in [0.15, 0.2) is 48.4 Å². The Hall–Kier alpha value is -3.28. The summed E-state index contributed by atoms with van der Waals surface area (Å²) in [6.07, 6.45) is 7.34. The van der Waals surface area contributed by atoms with Crippen LogP contribution < -0.4 is 5.73 Å². The summed E-state index contributed by atoms with van der Waals surface area (Å²) in [5.41, 5.74) is 6.52. The maximum atomic E-state index is 10.8. The van der Waals surface area contributed by atoms with Gasteiger partial charge < -0.3 is 15.4 Å². The second-order valence-electron chi connectivity index (χ2n) is 5.89. The molecule has 1 unspecified atom stereocenters. The molecular formula is C19H16N6OS. The molecule has 0 saturated carbocycles. The van der Waals surface area contributed by atoms with Crippen LogP contribution in [0.5, 0.6) is 0 Å². The van der Waals surface area contributed by atoms with E-state index in [2.05, 4.69) is 31.8 Å². The van der Waals surface area contributed by atoms with Crippen LogP contribution in [-0.2, 0) is 5.60 Å². The van der Waals surface area contributed by atoms with Gasteiger partial charge in [-0.3, -0.25) is 0 Å². The normalized spacial score (nSPS) is 13.1. The first-order chi connectivity index (χ1) is 13.1. The first kappa shape index (κ1) is 17.1. The van der Waals surface area contributed by atoms with Gasteiger partial charge in [-0.2, -0.15) is 4.98 Å². The second-order valence-corrected chi connectivity index (χ2v) is 6.79. The highest BCUT2D eigenvalue weighted by molar-refractivity contribution is 7.09. The molecule has 4 aromatic heterocycles. The summed E-state index contributed by atoms with van der Waals surface area (Å²) in [4.78, 5) is 16.8. The number of thiazole rings is 1. The Kier molecular flexibility index (Phi) is 4.32. The van der Waals surface area contributed by atoms with E-state index in [4.69, 9.17) is 5.73 Å². The molecule has 4 aromatic rings. The minimum atomic E-state index is -1.28. The van der Waals surface area contributed by atoms with E-state index in [-0.39, 0.29) is 5.95 Å². The van der Waals surface area contributed by atoms with Crippen molar-refractivity contribution >= 4 is 28.3 Å². The summed E-state index contributed by atoms with van der Waals surface area (Å²) in [5, 5.41) is 14.1. The number of aromatic nitrogens is 5. The molecule has 0 aliphatic heterocycles. The fraction of sp³-hybridized carbons (Fsp3) is 0.158. The summed E-state index contributed by atoms with van der Waals surface area (Å²) in [5.74, 6) is 6.11. The number of fused-ring (bicyclic) bond motifs is 1. The molecule has 8 heteroatoms. The second kappa shape index (κ2) is 6.79. The highest BCUT2D eigenvalue weighted by atomic mass is 32.1. The number of hydrogen-bond acceptors (Lipinski definition) is 7. The molecular weight excluding hydrogens is 360 g/mol. The van der Waals surface area contributed by atoms with Crippen molar-refractivity contribution in [1.82, 2.24) is 24.5 Å². The Morgan fingerprint density at radius 3 is 2.93 bits per heavy atom. The maximum Gasteiger partial charge on any atom is 0.221 e. The molecule has 0 radical (unpaired) electrons. The van der Waals surface area contributed by atoms with E-state index in [9.17, 15) is 5.11 Å². The number of anilines is 1. The van der Waals surface area contributed by atoms with Crippen molar-refractivity contribution in [2.24, 2.45) is 0 Å². The van der Waals surface area contributed by atoms with Gasteiger partial charge in [0.1, 0.15) is 16.3 Å². The molecule has 0 fully saturated rings. The predicted octanol–water partition coefficient (Wildman–Crippen LogP) is 2.50. The lowest BCUT2D eigenvalue weighted by Crippen LogP contribution is -2.22. The molecule has 134 valence electrons. The lowest BCUT2D eigenvalue weighted by molar-refractivity contribution is 0.0956. The van der Waals surface area contributed by atoms with Gasteiger partial charge in [-0.25, -0.2) is 15.0 Å². The molecule has 0 bridgehead atoms. The predicted molar refractivity (Wildman–Crippen MR) is 104 cm³/mol. The molecule has 0 aliphatic rings. The van der Waals surface area contributed by atoms with E-state index >= 15 is 0 Å². The van der Waals surface area contributed by atoms with Gasteiger partial charge in [-0.05, 0) is 30.5 Å². The highest BCUT2D eigenvalue weighted by Gasteiger charge is 2.27. The number of nitrogens with zero attached hydrogens (tertiary/aromatic N) is 5. The molecule has 4 rings (SSSR count). The Labute approximate surface area is 159 Å². The van der Waals surface area contributed by atoms with Gasteiger partial charge in [0.25, 0.3) is 0 Å². The van der Waals surface area contributed by atoms with Gasteiger partial charge in [0.05, 0.1) is 5.69 Å². The van der Waals surface area contributed by atoms with Crippen LogP contribution in [0.4, 0.5) is 5.95 Å². The third-order valence-corrected chi connectivity index (χ3v) is 5.09. The molecule has 0 aromatic carbocycles. The number of nitrogens with two attached hydrogens (primary N) is 1. The molecule has 4 heterocycles. The van der Waals surface area contributed by atoms with Gasteiger partial charge >= 0.3 is 0 Å². The van der Waals surface area contributed by atoms with E-state index in [0.29, 0.717) is 22.8 Å². The number of nitrogen functional groups attached to an aromatic ring is 1. The zero-order chi connectivity index (χ0) is 18.9. The molecule has 27 heavy (non-hydrogen) atoms. The first-order valence-corrected chi connectivity index (χ1v) is 9.18. The van der Waals surface area contributed by atoms with E-state index < -0.39 is 5.60 Å². The van der Waals surface area contributed by atoms with Crippen LogP contribution in [0.2, 0.25) is 0 Å². The zero-order valence-corrected chi connectivity index (χ0v) is 15.3. The molecule has 0 spiro atoms. The van der Waals surface area contributed by atoms with E-state index in [1.807, 2.05) is 41.3 Å². The van der Waals surface area contributed by atoms with Crippen LogP contribution in [0.25, 0.3) is 16.7 Å². The number of pyridine rings is 1. The molecule has 0 aliphatic carbocycles. The first-order valence-electron chi connectivity index (χ1n) is 8.30. The van der Waals surface area contributed by atoms with Crippen LogP contribution in [0.1, 0.15) is 24.0 Å². The smallest absolute Gasteiger partial charge is 0.221 e. The number of rotatable bonds is 3. The van der Waals surface area contributed by atoms with Gasteiger partial charge in [0.15, 0.2) is 5.60 Å². The Bertz CT molecular complexity index is 1160. The standard InChI is InChI=1S/C19H16N6OS/c1-2-19(26,17-22-8-10-27-17)6-3-14-11-15(4-7-21-14)25-9-5-13-12-23-18(20)24-16(13)25/h4-5,7-12,26H,2H2,1H3,(H2,20,23,24). The topological polar surface area (TPSA) is 103 Å². The molecule has 7 nitrogen and oxygen atoms in total. The quantitative estimate of drug-likeness (QED) is 0.533. The van der Waals surface area contributed by atoms with Gasteiger partial charge in [0.2, 0.25) is 5.95 Å². The fourth-order valence-corrected chi connectivity index (χ4v) is 3.43. The van der Waals surface area contributed by atoms with E-state index in [0.717, 1.165) is 11.1 Å². The monoisotopic (exact) mass is 376 g/mol. The van der Waals surface area contributed by atoms with Crippen molar-refractivity contribution in [3.63, 3.8) is 0 Å². The Morgan fingerprint density at radius 2 is 2.15 bits per heavy atom. The number of aliphatic hydroxyl groups is 1. The summed E-state index contributed by atoms with van der Waals surface area (Å²) >= 11 is 1.38. The lowest BCUT2D eigenvalue weighted by Gasteiger charge is -2.16. The van der Waals surface area contributed by atoms with E-state index in [1.165, 1.54) is 11.3 Å². The minimum Gasteiger partial charge on any atom is -0.371 e. The average molecular weight is 376 g/mol. The van der Waals surface area contributed by atoms with Crippen LogP contribution in [0, 0.1) is 11.8 Å². The van der Waals surface area contributed by atoms with Crippen molar-refractivity contribution in [2.45, 2.75) is 18.9 Å². The Morgan fingerprint density at radius 1 is 1.26 bits per heavy atom. The maximum absolute atomic E-state index is 10.8. The largest absolute Gasteiger partial charge is 0.371 e. The zero-order valence-electron chi connectivity index (χ0n) is 14.5. The molecule has 0 saturated heterocycles. The summed E-state index contributed by atoms with van der Waals surface area (Å²) in [6.45, 7) is 1.87. The number of hydrogen-bond donors (Lipinski definition) is 2. The summed E-state index contributed by atoms with van der Waals surface area (Å²) in [6, 6.07) is 5.61. The fourth-order valence-electron chi connectivity index (χ4n) is 2.67. The van der Waals surface area contributed by atoms with Crippen LogP contribution >= 0.6 is 11.3 Å². The molecule has 3 N–H and O–H groups in total. The SMILES string of the molecule is CCC(O)(C#Cc1cc(-n2ccc3cnc(N)nc32)ccn1)c1nccs1. The summed E-state index contributed by atoms with van der Waals surface area (Å²) < 4.78 is 1.90. The van der Waals surface area contributed by atoms with Gasteiger partial charge in [-0.1, -0.05) is 12.8 Å². The van der Waals surface area contributed by atoms with Crippen molar-refractivity contribution in [1.29, 1.82) is 0 Å². The average Bonchev–Trinajstić information content (AvgIpc) is 3.36. The third-order valence-electron chi connectivity index (χ3n) is 4.16. The van der Waals surface area contributed by atoms with Crippen molar-refractivity contribution in [3.05, 3.63) is 59.1 Å². The van der Waals surface area contributed by atoms with Crippen LogP contribution in [0.3, 0.4) is 0 Å². The van der Waals surface area contributed by atoms with Crippen LogP contribution in [-0.4, -0.2) is 29.6 Å².